The Bertz CT molecular complexity index is 695. The normalized spacial score (nSPS) is 10.5. The topological polar surface area (TPSA) is 61.2 Å². The Morgan fingerprint density at radius 1 is 1.33 bits per heavy atom. The second-order valence-electron chi connectivity index (χ2n) is 4.38. The zero-order valence-electron chi connectivity index (χ0n) is 11.4. The average molecular weight is 311 g/mol. The Labute approximate surface area is 125 Å². The van der Waals surface area contributed by atoms with E-state index in [1.54, 1.807) is 14.0 Å². The Balaban J connectivity index is 2.04. The van der Waals surface area contributed by atoms with Crippen molar-refractivity contribution in [2.24, 2.45) is 7.05 Å². The van der Waals surface area contributed by atoms with E-state index in [4.69, 9.17) is 16.3 Å². The minimum atomic E-state index is -0.721. The lowest BCUT2D eigenvalue weighted by Gasteiger charge is -2.04. The van der Waals surface area contributed by atoms with Gasteiger partial charge in [-0.05, 0) is 31.2 Å². The van der Waals surface area contributed by atoms with Crippen molar-refractivity contribution < 1.29 is 18.7 Å². The monoisotopic (exact) mass is 310 g/mol. The van der Waals surface area contributed by atoms with Crippen molar-refractivity contribution in [3.05, 3.63) is 52.1 Å². The number of ether oxygens (including phenoxy) is 1. The molecule has 0 saturated heterocycles. The highest BCUT2D eigenvalue weighted by Crippen LogP contribution is 2.19. The first-order chi connectivity index (χ1) is 9.90. The van der Waals surface area contributed by atoms with Crippen LogP contribution in [0.4, 0.5) is 4.39 Å². The van der Waals surface area contributed by atoms with Gasteiger partial charge in [0.1, 0.15) is 16.5 Å². The summed E-state index contributed by atoms with van der Waals surface area (Å²) < 4.78 is 19.0. The van der Waals surface area contributed by atoms with Gasteiger partial charge in [-0.15, -0.1) is 0 Å². The molecule has 0 aliphatic carbocycles. The predicted octanol–water partition coefficient (Wildman–Crippen LogP) is 2.56. The van der Waals surface area contributed by atoms with Gasteiger partial charge in [0, 0.05) is 12.6 Å². The molecule has 0 bridgehead atoms. The van der Waals surface area contributed by atoms with Crippen LogP contribution >= 0.6 is 11.6 Å². The summed E-state index contributed by atoms with van der Waals surface area (Å²) in [5.74, 6) is -1.59. The molecule has 1 heterocycles. The molecule has 0 radical (unpaired) electrons. The second-order valence-corrected chi connectivity index (χ2v) is 4.74. The molecule has 0 spiro atoms. The van der Waals surface area contributed by atoms with Gasteiger partial charge < -0.3 is 4.74 Å². The number of rotatable bonds is 4. The summed E-state index contributed by atoms with van der Waals surface area (Å²) in [5, 5.41) is 4.13. The van der Waals surface area contributed by atoms with Gasteiger partial charge in [0.25, 0.3) is 0 Å². The maximum Gasteiger partial charge on any atom is 0.343 e. The van der Waals surface area contributed by atoms with Crippen LogP contribution in [0, 0.1) is 12.7 Å². The van der Waals surface area contributed by atoms with Crippen molar-refractivity contribution in [3.63, 3.8) is 0 Å². The van der Waals surface area contributed by atoms with Gasteiger partial charge in [-0.3, -0.25) is 9.48 Å². The van der Waals surface area contributed by atoms with Crippen molar-refractivity contribution in [1.82, 2.24) is 9.78 Å². The fraction of sp³-hybridized carbons (Fsp3) is 0.214. The fourth-order valence-corrected chi connectivity index (χ4v) is 2.04. The number of esters is 1. The Kier molecular flexibility index (Phi) is 4.37. The lowest BCUT2D eigenvalue weighted by Crippen LogP contribution is -2.15. The molecule has 21 heavy (non-hydrogen) atoms. The third-order valence-electron chi connectivity index (χ3n) is 2.86. The van der Waals surface area contributed by atoms with Gasteiger partial charge in [-0.1, -0.05) is 11.6 Å². The van der Waals surface area contributed by atoms with Gasteiger partial charge >= 0.3 is 5.97 Å². The highest BCUT2D eigenvalue weighted by atomic mass is 35.5. The number of hydrogen-bond acceptors (Lipinski definition) is 4. The largest absolute Gasteiger partial charge is 0.454 e. The number of benzene rings is 1. The number of ketones is 1. The van der Waals surface area contributed by atoms with Crippen LogP contribution < -0.4 is 0 Å². The van der Waals surface area contributed by atoms with Crippen LogP contribution in [0.1, 0.15) is 26.4 Å². The molecule has 0 aliphatic heterocycles. The Morgan fingerprint density at radius 3 is 2.48 bits per heavy atom. The van der Waals surface area contributed by atoms with E-state index in [-0.39, 0.29) is 16.3 Å². The molecule has 5 nitrogen and oxygen atoms in total. The van der Waals surface area contributed by atoms with E-state index in [2.05, 4.69) is 5.10 Å². The molecule has 0 atom stereocenters. The third-order valence-corrected chi connectivity index (χ3v) is 3.29. The molecule has 110 valence electrons. The van der Waals surface area contributed by atoms with Crippen LogP contribution in [-0.4, -0.2) is 28.1 Å². The molecule has 2 rings (SSSR count). The molecule has 0 N–H and O–H groups in total. The summed E-state index contributed by atoms with van der Waals surface area (Å²) in [6.45, 7) is 1.17. The first kappa shape index (κ1) is 15.2. The highest BCUT2D eigenvalue weighted by molar-refractivity contribution is 6.32. The number of hydrogen-bond donors (Lipinski definition) is 0. The van der Waals surface area contributed by atoms with Crippen molar-refractivity contribution in [2.45, 2.75) is 6.92 Å². The first-order valence-electron chi connectivity index (χ1n) is 6.05. The van der Waals surface area contributed by atoms with Gasteiger partial charge in [0.2, 0.25) is 0 Å². The molecular formula is C14H12ClFN2O3. The van der Waals surface area contributed by atoms with E-state index in [9.17, 15) is 14.0 Å². The second kappa shape index (κ2) is 6.05. The zero-order chi connectivity index (χ0) is 15.6. The minimum absolute atomic E-state index is 0.131. The molecule has 0 saturated carbocycles. The van der Waals surface area contributed by atoms with Crippen LogP contribution in [0.15, 0.2) is 24.3 Å². The molecule has 0 aliphatic rings. The number of aryl methyl sites for hydroxylation is 2. The molecule has 1 aromatic heterocycles. The summed E-state index contributed by atoms with van der Waals surface area (Å²) >= 11 is 5.93. The van der Waals surface area contributed by atoms with Gasteiger partial charge in [0.05, 0.1) is 5.69 Å². The smallest absolute Gasteiger partial charge is 0.343 e. The van der Waals surface area contributed by atoms with E-state index < -0.39 is 24.2 Å². The highest BCUT2D eigenvalue weighted by Gasteiger charge is 2.21. The number of carbonyl (C=O) groups excluding carboxylic acids is 2. The van der Waals surface area contributed by atoms with Gasteiger partial charge in [0.15, 0.2) is 12.4 Å². The third kappa shape index (κ3) is 3.28. The van der Waals surface area contributed by atoms with E-state index in [0.717, 1.165) is 12.1 Å². The summed E-state index contributed by atoms with van der Waals surface area (Å²) in [6, 6.07) is 4.98. The van der Waals surface area contributed by atoms with Crippen LogP contribution in [0.2, 0.25) is 5.15 Å². The van der Waals surface area contributed by atoms with Crippen LogP contribution in [0.5, 0.6) is 0 Å². The number of aromatic nitrogens is 2. The summed E-state index contributed by atoms with van der Waals surface area (Å²) in [7, 11) is 1.59. The maximum absolute atomic E-state index is 12.8. The van der Waals surface area contributed by atoms with Crippen LogP contribution in [0.25, 0.3) is 0 Å². The van der Waals surface area contributed by atoms with E-state index in [1.165, 1.54) is 16.8 Å². The molecule has 0 fully saturated rings. The number of carbonyl (C=O) groups is 2. The molecule has 7 heteroatoms. The Hall–Kier alpha value is -2.21. The lowest BCUT2D eigenvalue weighted by molar-refractivity contribution is 0.0474. The minimum Gasteiger partial charge on any atom is -0.454 e. The number of nitrogens with zero attached hydrogens (tertiary/aromatic N) is 2. The van der Waals surface area contributed by atoms with E-state index in [0.29, 0.717) is 5.69 Å². The Morgan fingerprint density at radius 2 is 1.95 bits per heavy atom. The fourth-order valence-electron chi connectivity index (χ4n) is 1.78. The molecule has 0 unspecified atom stereocenters. The summed E-state index contributed by atoms with van der Waals surface area (Å²) in [5.41, 5.74) is 0.811. The zero-order valence-corrected chi connectivity index (χ0v) is 12.1. The standard InChI is InChI=1S/C14H12ClFN2O3/c1-8-12(13(15)18(2)17-8)14(20)21-7-11(19)9-3-5-10(16)6-4-9/h3-6H,7H2,1-2H3. The van der Waals surface area contributed by atoms with Crippen molar-refractivity contribution in [3.8, 4) is 0 Å². The summed E-state index contributed by atoms with van der Waals surface area (Å²) in [6.07, 6.45) is 0. The lowest BCUT2D eigenvalue weighted by atomic mass is 10.1. The number of halogens is 2. The average Bonchev–Trinajstić information content (AvgIpc) is 2.70. The first-order valence-corrected chi connectivity index (χ1v) is 6.43. The van der Waals surface area contributed by atoms with E-state index in [1.807, 2.05) is 0 Å². The van der Waals surface area contributed by atoms with Crippen molar-refractivity contribution >= 4 is 23.4 Å². The quantitative estimate of drug-likeness (QED) is 0.643. The molecule has 2 aromatic rings. The number of Topliss-reactive ketones (excluding diaryl/α,β-unsaturated/α-hetero) is 1. The van der Waals surface area contributed by atoms with Crippen molar-refractivity contribution in [1.29, 1.82) is 0 Å². The van der Waals surface area contributed by atoms with E-state index >= 15 is 0 Å². The van der Waals surface area contributed by atoms with Gasteiger partial charge in [-0.25, -0.2) is 9.18 Å². The SMILES string of the molecule is Cc1nn(C)c(Cl)c1C(=O)OCC(=O)c1ccc(F)cc1. The molecule has 1 aromatic carbocycles. The molecule has 0 amide bonds. The maximum atomic E-state index is 12.8. The van der Waals surface area contributed by atoms with Crippen LogP contribution in [0.3, 0.4) is 0 Å². The predicted molar refractivity (Wildman–Crippen MR) is 74.0 cm³/mol. The summed E-state index contributed by atoms with van der Waals surface area (Å²) in [4.78, 5) is 23.7. The van der Waals surface area contributed by atoms with Crippen molar-refractivity contribution in [2.75, 3.05) is 6.61 Å². The molecular weight excluding hydrogens is 299 g/mol. The van der Waals surface area contributed by atoms with Crippen LogP contribution in [-0.2, 0) is 11.8 Å². The van der Waals surface area contributed by atoms with Gasteiger partial charge in [-0.2, -0.15) is 5.10 Å².